The predicted molar refractivity (Wildman–Crippen MR) is 133 cm³/mol. The monoisotopic (exact) mass is 471 g/mol. The summed E-state index contributed by atoms with van der Waals surface area (Å²) in [5.41, 5.74) is 10.2. The van der Waals surface area contributed by atoms with Crippen molar-refractivity contribution in [1.82, 2.24) is 3.97 Å². The van der Waals surface area contributed by atoms with Gasteiger partial charge in [-0.15, -0.1) is 0 Å². The lowest BCUT2D eigenvalue weighted by Crippen LogP contribution is -2.13. The highest BCUT2D eigenvalue weighted by Gasteiger charge is 2.26. The van der Waals surface area contributed by atoms with Crippen molar-refractivity contribution in [2.45, 2.75) is 11.8 Å². The number of benzene rings is 4. The average Bonchev–Trinajstić information content (AvgIpc) is 3.15. The quantitative estimate of drug-likeness (QED) is 0.321. The van der Waals surface area contributed by atoms with Gasteiger partial charge in [0.2, 0.25) is 0 Å². The van der Waals surface area contributed by atoms with E-state index < -0.39 is 10.0 Å². The lowest BCUT2D eigenvalue weighted by Gasteiger charge is -2.13. The summed E-state index contributed by atoms with van der Waals surface area (Å²) in [7, 11) is -3.95. The van der Waals surface area contributed by atoms with E-state index >= 15 is 0 Å². The molecular formula is C26H18ClN3O2S. The smallest absolute Gasteiger partial charge is 0.268 e. The van der Waals surface area contributed by atoms with E-state index in [0.717, 1.165) is 5.56 Å². The summed E-state index contributed by atoms with van der Waals surface area (Å²) in [4.78, 5) is 0.173. The third-order valence-electron chi connectivity index (χ3n) is 5.78. The van der Waals surface area contributed by atoms with Crippen molar-refractivity contribution in [3.8, 4) is 17.2 Å². The number of fused-ring (bicyclic) bond motifs is 3. The molecule has 0 aliphatic rings. The summed E-state index contributed by atoms with van der Waals surface area (Å²) in [5, 5.41) is 11.7. The van der Waals surface area contributed by atoms with Gasteiger partial charge in [-0.3, -0.25) is 0 Å². The fourth-order valence-corrected chi connectivity index (χ4v) is 5.81. The van der Waals surface area contributed by atoms with Crippen LogP contribution in [0.2, 0.25) is 5.02 Å². The van der Waals surface area contributed by atoms with Crippen molar-refractivity contribution in [3.63, 3.8) is 0 Å². The molecule has 0 amide bonds. The number of hydrogen-bond donors (Lipinski definition) is 1. The fourth-order valence-electron chi connectivity index (χ4n) is 4.18. The molecule has 5 rings (SSSR count). The molecule has 162 valence electrons. The Labute approximate surface area is 196 Å². The van der Waals surface area contributed by atoms with Crippen LogP contribution in [-0.2, 0) is 10.0 Å². The number of aryl methyl sites for hydroxylation is 1. The Hall–Kier alpha value is -3.79. The Bertz CT molecular complexity index is 1700. The lowest BCUT2D eigenvalue weighted by atomic mass is 9.96. The van der Waals surface area contributed by atoms with Crippen molar-refractivity contribution in [3.05, 3.63) is 95.0 Å². The maximum absolute atomic E-state index is 13.8. The molecule has 0 radical (unpaired) electrons. The van der Waals surface area contributed by atoms with Crippen molar-refractivity contribution < 1.29 is 8.42 Å². The van der Waals surface area contributed by atoms with Gasteiger partial charge >= 0.3 is 0 Å². The summed E-state index contributed by atoms with van der Waals surface area (Å²) in [6.45, 7) is 1.90. The first kappa shape index (κ1) is 21.1. The third-order valence-corrected chi connectivity index (χ3v) is 7.78. The molecule has 5 nitrogen and oxygen atoms in total. The minimum atomic E-state index is -3.95. The molecule has 1 heterocycles. The van der Waals surface area contributed by atoms with Crippen LogP contribution in [0.5, 0.6) is 0 Å². The Morgan fingerprint density at radius 3 is 2.27 bits per heavy atom. The molecule has 0 fully saturated rings. The van der Waals surface area contributed by atoms with Crippen LogP contribution in [0.1, 0.15) is 11.1 Å². The summed E-state index contributed by atoms with van der Waals surface area (Å²) in [6, 6.07) is 24.8. The highest BCUT2D eigenvalue weighted by atomic mass is 35.5. The number of rotatable bonds is 3. The van der Waals surface area contributed by atoms with Gasteiger partial charge in [-0.25, -0.2) is 12.4 Å². The number of nitrogens with zero attached hydrogens (tertiary/aromatic N) is 2. The SMILES string of the molecule is Cc1ccc(S(=O)(=O)n2c3ccccc3c3c(N)c(C#N)c(-c4ccc(Cl)cc4)cc32)cc1. The predicted octanol–water partition coefficient (Wildman–Crippen LogP) is 6.11. The molecule has 5 aromatic rings. The second-order valence-electron chi connectivity index (χ2n) is 7.83. The van der Waals surface area contributed by atoms with Crippen LogP contribution in [0.25, 0.3) is 32.9 Å². The van der Waals surface area contributed by atoms with Crippen LogP contribution in [-0.4, -0.2) is 12.4 Å². The first-order valence-corrected chi connectivity index (χ1v) is 12.0. The van der Waals surface area contributed by atoms with Crippen LogP contribution in [0.15, 0.2) is 83.8 Å². The standard InChI is InChI=1S/C26H18ClN3O2S/c1-16-6-12-19(13-7-16)33(31,32)30-23-5-3-2-4-20(23)25-24(30)14-21(22(15-28)26(25)29)17-8-10-18(27)11-9-17/h2-14H,29H2,1H3. The number of halogens is 1. The number of aromatic nitrogens is 1. The number of nitrogen functional groups attached to an aromatic ring is 1. The molecule has 2 N–H and O–H groups in total. The molecule has 0 spiro atoms. The minimum absolute atomic E-state index is 0.173. The normalized spacial score (nSPS) is 11.7. The van der Waals surface area contributed by atoms with Gasteiger partial charge in [0, 0.05) is 21.4 Å². The molecular weight excluding hydrogens is 454 g/mol. The van der Waals surface area contributed by atoms with Crippen LogP contribution in [0, 0.1) is 18.3 Å². The Balaban J connectivity index is 1.94. The largest absolute Gasteiger partial charge is 0.397 e. The van der Waals surface area contributed by atoms with E-state index in [4.69, 9.17) is 17.3 Å². The number of anilines is 1. The first-order valence-electron chi connectivity index (χ1n) is 10.2. The Kier molecular flexibility index (Phi) is 4.89. The second kappa shape index (κ2) is 7.66. The van der Waals surface area contributed by atoms with Crippen molar-refractivity contribution >= 4 is 49.1 Å². The number of hydrogen-bond acceptors (Lipinski definition) is 4. The number of nitrogens with two attached hydrogens (primary N) is 1. The van der Waals surface area contributed by atoms with Crippen LogP contribution >= 0.6 is 11.6 Å². The molecule has 0 unspecified atom stereocenters. The molecule has 0 saturated carbocycles. The Morgan fingerprint density at radius 1 is 0.939 bits per heavy atom. The highest BCUT2D eigenvalue weighted by Crippen LogP contribution is 2.41. The van der Waals surface area contributed by atoms with Gasteiger partial charge in [0.1, 0.15) is 6.07 Å². The van der Waals surface area contributed by atoms with E-state index in [1.54, 1.807) is 66.7 Å². The fraction of sp³-hybridized carbons (Fsp3) is 0.0385. The summed E-state index contributed by atoms with van der Waals surface area (Å²) < 4.78 is 29.0. The van der Waals surface area contributed by atoms with E-state index in [1.165, 1.54) is 3.97 Å². The molecule has 0 saturated heterocycles. The van der Waals surface area contributed by atoms with Crippen LogP contribution < -0.4 is 5.73 Å². The van der Waals surface area contributed by atoms with Crippen LogP contribution in [0.4, 0.5) is 5.69 Å². The summed E-state index contributed by atoms with van der Waals surface area (Å²) in [5.74, 6) is 0. The van der Waals surface area contributed by atoms with E-state index in [9.17, 15) is 13.7 Å². The van der Waals surface area contributed by atoms with Gasteiger partial charge in [-0.05, 0) is 48.9 Å². The zero-order chi connectivity index (χ0) is 23.3. The third kappa shape index (κ3) is 3.25. The molecule has 4 aromatic carbocycles. The highest BCUT2D eigenvalue weighted by molar-refractivity contribution is 7.90. The van der Waals surface area contributed by atoms with Gasteiger partial charge in [-0.2, -0.15) is 5.26 Å². The van der Waals surface area contributed by atoms with Crippen LogP contribution in [0.3, 0.4) is 0 Å². The maximum atomic E-state index is 13.8. The molecule has 1 aromatic heterocycles. The lowest BCUT2D eigenvalue weighted by molar-refractivity contribution is 0.590. The maximum Gasteiger partial charge on any atom is 0.268 e. The van der Waals surface area contributed by atoms with Crippen molar-refractivity contribution in [2.24, 2.45) is 0 Å². The van der Waals surface area contributed by atoms with Gasteiger partial charge < -0.3 is 5.73 Å². The molecule has 7 heteroatoms. The average molecular weight is 472 g/mol. The Morgan fingerprint density at radius 2 is 1.61 bits per heavy atom. The zero-order valence-electron chi connectivity index (χ0n) is 17.6. The molecule has 33 heavy (non-hydrogen) atoms. The molecule has 0 aliphatic heterocycles. The van der Waals surface area contributed by atoms with Gasteiger partial charge in [0.05, 0.1) is 27.2 Å². The minimum Gasteiger partial charge on any atom is -0.397 e. The zero-order valence-corrected chi connectivity index (χ0v) is 19.2. The van der Waals surface area contributed by atoms with E-state index in [0.29, 0.717) is 43.5 Å². The van der Waals surface area contributed by atoms with E-state index in [2.05, 4.69) is 6.07 Å². The van der Waals surface area contributed by atoms with Gasteiger partial charge in [-0.1, -0.05) is 59.6 Å². The summed E-state index contributed by atoms with van der Waals surface area (Å²) in [6.07, 6.45) is 0. The van der Waals surface area contributed by atoms with Crippen molar-refractivity contribution in [1.29, 1.82) is 5.26 Å². The van der Waals surface area contributed by atoms with Crippen molar-refractivity contribution in [2.75, 3.05) is 5.73 Å². The molecule has 0 aliphatic carbocycles. The van der Waals surface area contributed by atoms with Gasteiger partial charge in [0.25, 0.3) is 10.0 Å². The second-order valence-corrected chi connectivity index (χ2v) is 10.0. The van der Waals surface area contributed by atoms with E-state index in [-0.39, 0.29) is 10.6 Å². The molecule has 0 atom stereocenters. The summed E-state index contributed by atoms with van der Waals surface area (Å²) >= 11 is 6.04. The van der Waals surface area contributed by atoms with Gasteiger partial charge in [0.15, 0.2) is 0 Å². The number of nitriles is 1. The topological polar surface area (TPSA) is 88.9 Å². The van der Waals surface area contributed by atoms with E-state index in [1.807, 2.05) is 19.1 Å². The molecule has 0 bridgehead atoms. The number of para-hydroxylation sites is 1. The first-order chi connectivity index (χ1) is 15.8.